The molecule has 1 saturated heterocycles. The van der Waals surface area contributed by atoms with E-state index >= 15 is 0 Å². The van der Waals surface area contributed by atoms with Gasteiger partial charge in [-0.15, -0.1) is 0 Å². The van der Waals surface area contributed by atoms with Crippen LogP contribution in [0, 0.1) is 5.92 Å². The zero-order valence-electron chi connectivity index (χ0n) is 12.5. The van der Waals surface area contributed by atoms with Crippen LogP contribution in [0.1, 0.15) is 45.6 Å². The highest BCUT2D eigenvalue weighted by atomic mass is 16.3. The lowest BCUT2D eigenvalue weighted by molar-refractivity contribution is -0.0906. The molecule has 0 aliphatic carbocycles. The Morgan fingerprint density at radius 1 is 1.26 bits per heavy atom. The molecule has 3 atom stereocenters. The molecule has 2 heteroatoms. The third-order valence-electron chi connectivity index (χ3n) is 4.63. The number of hydrogen-bond donors (Lipinski definition) is 1. The van der Waals surface area contributed by atoms with Crippen molar-refractivity contribution in [3.8, 4) is 0 Å². The van der Waals surface area contributed by atoms with E-state index in [2.05, 4.69) is 37.8 Å². The van der Waals surface area contributed by atoms with E-state index in [9.17, 15) is 5.11 Å². The Morgan fingerprint density at radius 3 is 2.58 bits per heavy atom. The number of likely N-dealkylation sites (tertiary alicyclic amines) is 1. The molecular formula is C17H27NO. The van der Waals surface area contributed by atoms with Crippen molar-refractivity contribution in [2.75, 3.05) is 13.1 Å². The first kappa shape index (κ1) is 14.5. The van der Waals surface area contributed by atoms with Crippen molar-refractivity contribution in [3.63, 3.8) is 0 Å². The van der Waals surface area contributed by atoms with Crippen LogP contribution in [0.5, 0.6) is 0 Å². The number of hydrogen-bond acceptors (Lipinski definition) is 2. The highest BCUT2D eigenvalue weighted by Gasteiger charge is 2.42. The second-order valence-electron chi connectivity index (χ2n) is 6.09. The van der Waals surface area contributed by atoms with Gasteiger partial charge in [-0.1, -0.05) is 50.6 Å². The lowest BCUT2D eigenvalue weighted by atomic mass is 9.74. The van der Waals surface area contributed by atoms with Gasteiger partial charge in [0.2, 0.25) is 0 Å². The second-order valence-corrected chi connectivity index (χ2v) is 6.09. The van der Waals surface area contributed by atoms with Crippen LogP contribution >= 0.6 is 0 Å². The molecule has 1 heterocycles. The van der Waals surface area contributed by atoms with E-state index in [1.54, 1.807) is 0 Å². The minimum Gasteiger partial charge on any atom is -0.385 e. The van der Waals surface area contributed by atoms with Gasteiger partial charge < -0.3 is 10.0 Å². The zero-order valence-corrected chi connectivity index (χ0v) is 12.5. The van der Waals surface area contributed by atoms with Crippen molar-refractivity contribution in [1.29, 1.82) is 0 Å². The van der Waals surface area contributed by atoms with Gasteiger partial charge >= 0.3 is 0 Å². The summed E-state index contributed by atoms with van der Waals surface area (Å²) in [7, 11) is 0. The summed E-state index contributed by atoms with van der Waals surface area (Å²) < 4.78 is 0. The van der Waals surface area contributed by atoms with Crippen molar-refractivity contribution in [2.45, 2.75) is 51.7 Å². The van der Waals surface area contributed by atoms with E-state index in [0.717, 1.165) is 25.1 Å². The molecule has 2 nitrogen and oxygen atoms in total. The number of piperidine rings is 1. The molecule has 1 N–H and O–H groups in total. The fourth-order valence-corrected chi connectivity index (χ4v) is 3.27. The Bertz CT molecular complexity index is 392. The maximum absolute atomic E-state index is 11.1. The lowest BCUT2D eigenvalue weighted by Gasteiger charge is -2.47. The van der Waals surface area contributed by atoms with Gasteiger partial charge in [0.1, 0.15) is 0 Å². The summed E-state index contributed by atoms with van der Waals surface area (Å²) in [5.74, 6) is 0.281. The van der Waals surface area contributed by atoms with E-state index in [1.165, 1.54) is 12.8 Å². The molecule has 0 aromatic heterocycles. The molecule has 0 bridgehead atoms. The van der Waals surface area contributed by atoms with Gasteiger partial charge in [0, 0.05) is 18.5 Å². The fraction of sp³-hybridized carbons (Fsp3) is 0.647. The summed E-state index contributed by atoms with van der Waals surface area (Å²) in [6, 6.07) is 10.6. The highest BCUT2D eigenvalue weighted by Crippen LogP contribution is 2.39. The van der Waals surface area contributed by atoms with Crippen LogP contribution in [0.2, 0.25) is 0 Å². The Morgan fingerprint density at radius 2 is 1.95 bits per heavy atom. The molecule has 1 aromatic carbocycles. The highest BCUT2D eigenvalue weighted by molar-refractivity contribution is 5.24. The summed E-state index contributed by atoms with van der Waals surface area (Å²) in [4.78, 5) is 2.53. The fourth-order valence-electron chi connectivity index (χ4n) is 3.27. The first-order chi connectivity index (χ1) is 9.08. The monoisotopic (exact) mass is 261 g/mol. The van der Waals surface area contributed by atoms with Gasteiger partial charge in [0.25, 0.3) is 0 Å². The van der Waals surface area contributed by atoms with Gasteiger partial charge in [0.05, 0.1) is 5.60 Å². The third kappa shape index (κ3) is 3.01. The first-order valence-electron chi connectivity index (χ1n) is 7.60. The maximum atomic E-state index is 11.1. The average Bonchev–Trinajstić information content (AvgIpc) is 2.42. The van der Waals surface area contributed by atoms with Crippen LogP contribution in [0.25, 0.3) is 0 Å². The van der Waals surface area contributed by atoms with E-state index in [1.807, 2.05) is 18.2 Å². The molecule has 1 fully saturated rings. The van der Waals surface area contributed by atoms with E-state index in [-0.39, 0.29) is 5.92 Å². The maximum Gasteiger partial charge on any atom is 0.0948 e. The molecule has 0 amide bonds. The molecule has 0 spiro atoms. The Kier molecular flexibility index (Phi) is 4.64. The van der Waals surface area contributed by atoms with Gasteiger partial charge in [-0.25, -0.2) is 0 Å². The van der Waals surface area contributed by atoms with Gasteiger partial charge in [-0.2, -0.15) is 0 Å². The Balaban J connectivity index is 2.13. The van der Waals surface area contributed by atoms with E-state index in [0.29, 0.717) is 6.04 Å². The summed E-state index contributed by atoms with van der Waals surface area (Å²) in [5.41, 5.74) is 0.410. The molecule has 0 radical (unpaired) electrons. The first-order valence-corrected chi connectivity index (χ1v) is 7.60. The minimum atomic E-state index is -0.663. The number of benzene rings is 1. The standard InChI is InChI=1S/C17H27NO/c1-4-5-11-18-13-14(2)17(19,12-15(18)3)16-9-7-6-8-10-16/h6-10,14-15,19H,4-5,11-13H2,1-3H3. The van der Waals surface area contributed by atoms with Crippen LogP contribution in [0.15, 0.2) is 30.3 Å². The topological polar surface area (TPSA) is 23.5 Å². The predicted molar refractivity (Wildman–Crippen MR) is 80.1 cm³/mol. The summed E-state index contributed by atoms with van der Waals surface area (Å²) >= 11 is 0. The van der Waals surface area contributed by atoms with Crippen LogP contribution in [-0.4, -0.2) is 29.1 Å². The van der Waals surface area contributed by atoms with Gasteiger partial charge in [-0.05, 0) is 31.9 Å². The van der Waals surface area contributed by atoms with Crippen LogP contribution in [-0.2, 0) is 5.60 Å². The number of rotatable bonds is 4. The van der Waals surface area contributed by atoms with Crippen molar-refractivity contribution in [2.24, 2.45) is 5.92 Å². The summed E-state index contributed by atoms with van der Waals surface area (Å²) in [5, 5.41) is 11.1. The smallest absolute Gasteiger partial charge is 0.0948 e. The van der Waals surface area contributed by atoms with E-state index < -0.39 is 5.60 Å². The van der Waals surface area contributed by atoms with Crippen molar-refractivity contribution in [3.05, 3.63) is 35.9 Å². The molecular weight excluding hydrogens is 234 g/mol. The van der Waals surface area contributed by atoms with Gasteiger partial charge in [-0.3, -0.25) is 0 Å². The summed E-state index contributed by atoms with van der Waals surface area (Å²) in [6.07, 6.45) is 3.32. The molecule has 2 rings (SSSR count). The summed E-state index contributed by atoms with van der Waals surface area (Å²) in [6.45, 7) is 8.81. The molecule has 0 saturated carbocycles. The molecule has 19 heavy (non-hydrogen) atoms. The number of aliphatic hydroxyl groups is 1. The number of unbranched alkanes of at least 4 members (excludes halogenated alkanes) is 1. The quantitative estimate of drug-likeness (QED) is 0.898. The van der Waals surface area contributed by atoms with Crippen LogP contribution in [0.3, 0.4) is 0 Å². The second kappa shape index (κ2) is 6.06. The molecule has 1 aliphatic heterocycles. The van der Waals surface area contributed by atoms with Crippen LogP contribution in [0.4, 0.5) is 0 Å². The SMILES string of the molecule is CCCCN1CC(C)C(O)(c2ccccc2)CC1C. The minimum absolute atomic E-state index is 0.281. The largest absolute Gasteiger partial charge is 0.385 e. The molecule has 1 aromatic rings. The van der Waals surface area contributed by atoms with Crippen molar-refractivity contribution >= 4 is 0 Å². The molecule has 1 aliphatic rings. The predicted octanol–water partition coefficient (Wildman–Crippen LogP) is 3.40. The lowest BCUT2D eigenvalue weighted by Crippen LogP contribution is -2.53. The molecule has 3 unspecified atom stereocenters. The average molecular weight is 261 g/mol. The third-order valence-corrected chi connectivity index (χ3v) is 4.63. The Labute approximate surface area is 117 Å². The van der Waals surface area contributed by atoms with Crippen molar-refractivity contribution < 1.29 is 5.11 Å². The number of nitrogens with zero attached hydrogens (tertiary/aromatic N) is 1. The van der Waals surface area contributed by atoms with Crippen molar-refractivity contribution in [1.82, 2.24) is 4.90 Å². The van der Waals surface area contributed by atoms with Gasteiger partial charge in [0.15, 0.2) is 0 Å². The Hall–Kier alpha value is -0.860. The normalized spacial score (nSPS) is 32.4. The zero-order chi connectivity index (χ0) is 13.9. The molecule has 106 valence electrons. The van der Waals surface area contributed by atoms with E-state index in [4.69, 9.17) is 0 Å². The van der Waals surface area contributed by atoms with Crippen LogP contribution < -0.4 is 0 Å².